The third kappa shape index (κ3) is 3.05. The Morgan fingerprint density at radius 1 is 1.31 bits per heavy atom. The number of allylic oxidation sites excluding steroid dienone is 2. The number of ketones is 1. The highest BCUT2D eigenvalue weighted by molar-refractivity contribution is 6.05. The van der Waals surface area contributed by atoms with Gasteiger partial charge in [0, 0.05) is 5.56 Å². The summed E-state index contributed by atoms with van der Waals surface area (Å²) in [6.45, 7) is 3.84. The lowest BCUT2D eigenvalue weighted by molar-refractivity contribution is 0.0526. The van der Waals surface area contributed by atoms with Crippen LogP contribution in [0.25, 0.3) is 0 Å². The molecule has 16 heavy (non-hydrogen) atoms. The molecule has 1 rings (SSSR count). The van der Waals surface area contributed by atoms with Crippen molar-refractivity contribution < 1.29 is 14.3 Å². The van der Waals surface area contributed by atoms with Crippen LogP contribution in [0, 0.1) is 0 Å². The summed E-state index contributed by atoms with van der Waals surface area (Å²) in [5.41, 5.74) is 0.890. The van der Waals surface area contributed by atoms with Gasteiger partial charge in [0.05, 0.1) is 12.2 Å². The molecule has 0 heterocycles. The van der Waals surface area contributed by atoms with E-state index in [9.17, 15) is 9.59 Å². The first kappa shape index (κ1) is 12.2. The Balaban J connectivity index is 2.95. The quantitative estimate of drug-likeness (QED) is 0.443. The topological polar surface area (TPSA) is 43.4 Å². The van der Waals surface area contributed by atoms with Crippen LogP contribution in [-0.2, 0) is 4.74 Å². The molecule has 0 saturated heterocycles. The molecule has 0 unspecified atom stereocenters. The SMILES string of the molecule is C/C=C/C(=O)c1cccc(C(=O)OCC)c1. The summed E-state index contributed by atoms with van der Waals surface area (Å²) in [7, 11) is 0. The van der Waals surface area contributed by atoms with Gasteiger partial charge in [-0.15, -0.1) is 0 Å². The van der Waals surface area contributed by atoms with Crippen molar-refractivity contribution in [1.82, 2.24) is 0 Å². The Hall–Kier alpha value is -1.90. The molecular weight excluding hydrogens is 204 g/mol. The second kappa shape index (κ2) is 5.85. The van der Waals surface area contributed by atoms with Crippen LogP contribution >= 0.6 is 0 Å². The average molecular weight is 218 g/mol. The molecule has 0 N–H and O–H groups in total. The van der Waals surface area contributed by atoms with E-state index >= 15 is 0 Å². The summed E-state index contributed by atoms with van der Waals surface area (Å²) in [4.78, 5) is 23.0. The first-order valence-corrected chi connectivity index (χ1v) is 5.13. The van der Waals surface area contributed by atoms with Crippen LogP contribution in [0.4, 0.5) is 0 Å². The number of rotatable bonds is 4. The second-order valence-electron chi connectivity index (χ2n) is 3.17. The Morgan fingerprint density at radius 2 is 2.00 bits per heavy atom. The highest BCUT2D eigenvalue weighted by Crippen LogP contribution is 2.08. The Labute approximate surface area is 94.7 Å². The van der Waals surface area contributed by atoms with E-state index in [1.54, 1.807) is 44.2 Å². The maximum absolute atomic E-state index is 11.5. The van der Waals surface area contributed by atoms with Crippen LogP contribution < -0.4 is 0 Å². The molecule has 0 amide bonds. The molecule has 0 aromatic heterocycles. The highest BCUT2D eigenvalue weighted by atomic mass is 16.5. The number of carbonyl (C=O) groups excluding carboxylic acids is 2. The third-order valence-corrected chi connectivity index (χ3v) is 1.98. The minimum Gasteiger partial charge on any atom is -0.462 e. The predicted molar refractivity (Wildman–Crippen MR) is 61.5 cm³/mol. The van der Waals surface area contributed by atoms with Crippen molar-refractivity contribution in [3.8, 4) is 0 Å². The lowest BCUT2D eigenvalue weighted by atomic mass is 10.1. The zero-order valence-electron chi connectivity index (χ0n) is 9.40. The summed E-state index contributed by atoms with van der Waals surface area (Å²) in [6.07, 6.45) is 3.13. The molecule has 0 aliphatic heterocycles. The smallest absolute Gasteiger partial charge is 0.338 e. The van der Waals surface area contributed by atoms with Crippen molar-refractivity contribution in [3.05, 3.63) is 47.5 Å². The lowest BCUT2D eigenvalue weighted by Gasteiger charge is -2.02. The van der Waals surface area contributed by atoms with Crippen molar-refractivity contribution in [2.45, 2.75) is 13.8 Å². The van der Waals surface area contributed by atoms with E-state index in [2.05, 4.69) is 0 Å². The average Bonchev–Trinajstić information content (AvgIpc) is 2.30. The molecule has 0 fully saturated rings. The van der Waals surface area contributed by atoms with Gasteiger partial charge in [0.1, 0.15) is 0 Å². The normalized spacial score (nSPS) is 10.4. The first-order valence-electron chi connectivity index (χ1n) is 5.13. The van der Waals surface area contributed by atoms with Crippen LogP contribution in [-0.4, -0.2) is 18.4 Å². The van der Waals surface area contributed by atoms with Gasteiger partial charge in [0.2, 0.25) is 0 Å². The number of hydrogen-bond donors (Lipinski definition) is 0. The maximum atomic E-state index is 11.5. The number of hydrogen-bond acceptors (Lipinski definition) is 3. The van der Waals surface area contributed by atoms with Gasteiger partial charge in [-0.1, -0.05) is 18.2 Å². The molecule has 0 saturated carbocycles. The molecule has 0 spiro atoms. The standard InChI is InChI=1S/C13H14O3/c1-3-6-12(14)10-7-5-8-11(9-10)13(15)16-4-2/h3,5-9H,4H2,1-2H3/b6-3+. The molecule has 3 nitrogen and oxygen atoms in total. The number of ether oxygens (including phenoxy) is 1. The number of benzene rings is 1. The van der Waals surface area contributed by atoms with Gasteiger partial charge >= 0.3 is 5.97 Å². The van der Waals surface area contributed by atoms with Gasteiger partial charge in [-0.3, -0.25) is 4.79 Å². The Kier molecular flexibility index (Phi) is 4.45. The van der Waals surface area contributed by atoms with Crippen molar-refractivity contribution in [3.63, 3.8) is 0 Å². The summed E-state index contributed by atoms with van der Waals surface area (Å²) in [5.74, 6) is -0.522. The molecule has 0 radical (unpaired) electrons. The number of carbonyl (C=O) groups is 2. The number of esters is 1. The molecule has 0 aliphatic rings. The molecular formula is C13H14O3. The summed E-state index contributed by atoms with van der Waals surface area (Å²) >= 11 is 0. The molecule has 1 aromatic rings. The van der Waals surface area contributed by atoms with Crippen LogP contribution in [0.2, 0.25) is 0 Å². The van der Waals surface area contributed by atoms with Crippen LogP contribution in [0.3, 0.4) is 0 Å². The van der Waals surface area contributed by atoms with Crippen LogP contribution in [0.15, 0.2) is 36.4 Å². The van der Waals surface area contributed by atoms with E-state index in [1.165, 1.54) is 6.08 Å². The maximum Gasteiger partial charge on any atom is 0.338 e. The summed E-state index contributed by atoms with van der Waals surface area (Å²) in [6, 6.07) is 6.51. The monoisotopic (exact) mass is 218 g/mol. The predicted octanol–water partition coefficient (Wildman–Crippen LogP) is 2.62. The van der Waals surface area contributed by atoms with E-state index < -0.39 is 5.97 Å². The highest BCUT2D eigenvalue weighted by Gasteiger charge is 2.08. The van der Waals surface area contributed by atoms with Crippen molar-refractivity contribution in [2.24, 2.45) is 0 Å². The second-order valence-corrected chi connectivity index (χ2v) is 3.17. The fraction of sp³-hybridized carbons (Fsp3) is 0.231. The van der Waals surface area contributed by atoms with Crippen molar-refractivity contribution >= 4 is 11.8 Å². The van der Waals surface area contributed by atoms with Gasteiger partial charge < -0.3 is 4.74 Å². The van der Waals surface area contributed by atoms with E-state index in [4.69, 9.17) is 4.74 Å². The zero-order chi connectivity index (χ0) is 12.0. The van der Waals surface area contributed by atoms with E-state index in [0.717, 1.165) is 0 Å². The van der Waals surface area contributed by atoms with Gasteiger partial charge in [-0.05, 0) is 32.1 Å². The van der Waals surface area contributed by atoms with Crippen LogP contribution in [0.5, 0.6) is 0 Å². The molecule has 0 bridgehead atoms. The van der Waals surface area contributed by atoms with Gasteiger partial charge in [-0.25, -0.2) is 4.79 Å². The Morgan fingerprint density at radius 3 is 2.62 bits per heavy atom. The molecule has 0 atom stereocenters. The molecule has 84 valence electrons. The lowest BCUT2D eigenvalue weighted by Crippen LogP contribution is -2.06. The summed E-state index contributed by atoms with van der Waals surface area (Å²) in [5, 5.41) is 0. The van der Waals surface area contributed by atoms with Gasteiger partial charge in [0.25, 0.3) is 0 Å². The summed E-state index contributed by atoms with van der Waals surface area (Å²) < 4.78 is 4.85. The zero-order valence-corrected chi connectivity index (χ0v) is 9.40. The minimum absolute atomic E-state index is 0.117. The van der Waals surface area contributed by atoms with E-state index in [-0.39, 0.29) is 5.78 Å². The van der Waals surface area contributed by atoms with Gasteiger partial charge in [0.15, 0.2) is 5.78 Å². The third-order valence-electron chi connectivity index (χ3n) is 1.98. The fourth-order valence-electron chi connectivity index (χ4n) is 1.26. The minimum atomic E-state index is -0.405. The van der Waals surface area contributed by atoms with E-state index in [1.807, 2.05) is 0 Å². The van der Waals surface area contributed by atoms with Crippen molar-refractivity contribution in [1.29, 1.82) is 0 Å². The first-order chi connectivity index (χ1) is 7.69. The molecule has 0 aliphatic carbocycles. The largest absolute Gasteiger partial charge is 0.462 e. The van der Waals surface area contributed by atoms with Crippen molar-refractivity contribution in [2.75, 3.05) is 6.61 Å². The van der Waals surface area contributed by atoms with E-state index in [0.29, 0.717) is 17.7 Å². The van der Waals surface area contributed by atoms with Crippen LogP contribution in [0.1, 0.15) is 34.6 Å². The Bertz CT molecular complexity index is 419. The molecule has 1 aromatic carbocycles. The molecule has 3 heteroatoms. The van der Waals surface area contributed by atoms with Gasteiger partial charge in [-0.2, -0.15) is 0 Å². The fourth-order valence-corrected chi connectivity index (χ4v) is 1.26.